The zero-order valence-electron chi connectivity index (χ0n) is 16.2. The molecule has 1 N–H and O–H groups in total. The van der Waals surface area contributed by atoms with E-state index in [0.717, 1.165) is 28.4 Å². The summed E-state index contributed by atoms with van der Waals surface area (Å²) in [6, 6.07) is 24.6. The Labute approximate surface area is 178 Å². The van der Waals surface area contributed by atoms with Gasteiger partial charge in [0.15, 0.2) is 0 Å². The molecule has 0 radical (unpaired) electrons. The predicted molar refractivity (Wildman–Crippen MR) is 117 cm³/mol. The molecule has 4 aromatic rings. The fourth-order valence-electron chi connectivity index (χ4n) is 2.86. The van der Waals surface area contributed by atoms with Crippen LogP contribution in [0.15, 0.2) is 78.9 Å². The van der Waals surface area contributed by atoms with E-state index >= 15 is 0 Å². The SMILES string of the molecule is COc1cccc(-c2nnsc2C(=O)Nc2ccc(OCc3ccccc3)cc2)c1. The molecule has 7 heteroatoms. The van der Waals surface area contributed by atoms with Crippen LogP contribution in [0.3, 0.4) is 0 Å². The average molecular weight is 417 g/mol. The van der Waals surface area contributed by atoms with Crippen LogP contribution in [0.2, 0.25) is 0 Å². The molecule has 0 saturated heterocycles. The third-order valence-corrected chi connectivity index (χ3v) is 5.12. The van der Waals surface area contributed by atoms with E-state index in [0.29, 0.717) is 28.6 Å². The minimum atomic E-state index is -0.263. The van der Waals surface area contributed by atoms with Gasteiger partial charge < -0.3 is 14.8 Å². The van der Waals surface area contributed by atoms with Crippen molar-refractivity contribution in [2.45, 2.75) is 6.61 Å². The van der Waals surface area contributed by atoms with E-state index in [2.05, 4.69) is 14.9 Å². The van der Waals surface area contributed by atoms with Crippen molar-refractivity contribution in [1.29, 1.82) is 0 Å². The van der Waals surface area contributed by atoms with Crippen molar-refractivity contribution in [3.8, 4) is 22.8 Å². The van der Waals surface area contributed by atoms with Crippen LogP contribution in [0.4, 0.5) is 5.69 Å². The molecular formula is C23H19N3O3S. The highest BCUT2D eigenvalue weighted by Gasteiger charge is 2.18. The number of carbonyl (C=O) groups is 1. The van der Waals surface area contributed by atoms with E-state index < -0.39 is 0 Å². The lowest BCUT2D eigenvalue weighted by atomic mass is 10.1. The number of ether oxygens (including phenoxy) is 2. The van der Waals surface area contributed by atoms with E-state index in [1.54, 1.807) is 19.2 Å². The third-order valence-electron chi connectivity index (χ3n) is 4.40. The van der Waals surface area contributed by atoms with Gasteiger partial charge in [-0.25, -0.2) is 0 Å². The first-order chi connectivity index (χ1) is 14.7. The Kier molecular flexibility index (Phi) is 6.01. The lowest BCUT2D eigenvalue weighted by Gasteiger charge is -2.08. The molecule has 3 aromatic carbocycles. The highest BCUT2D eigenvalue weighted by atomic mass is 32.1. The van der Waals surface area contributed by atoms with Crippen molar-refractivity contribution >= 4 is 23.1 Å². The van der Waals surface area contributed by atoms with Crippen molar-refractivity contribution in [1.82, 2.24) is 9.59 Å². The summed E-state index contributed by atoms with van der Waals surface area (Å²) in [5.74, 6) is 1.16. The first kappa shape index (κ1) is 19.6. The largest absolute Gasteiger partial charge is 0.497 e. The van der Waals surface area contributed by atoms with Gasteiger partial charge in [0, 0.05) is 11.3 Å². The second-order valence-electron chi connectivity index (χ2n) is 6.44. The molecule has 0 saturated carbocycles. The lowest BCUT2D eigenvalue weighted by Crippen LogP contribution is -2.11. The van der Waals surface area contributed by atoms with Crippen LogP contribution in [-0.2, 0) is 6.61 Å². The zero-order valence-corrected chi connectivity index (χ0v) is 17.1. The molecular weight excluding hydrogens is 398 g/mol. The zero-order chi connectivity index (χ0) is 20.8. The van der Waals surface area contributed by atoms with Crippen molar-refractivity contribution in [2.75, 3.05) is 12.4 Å². The van der Waals surface area contributed by atoms with Crippen LogP contribution < -0.4 is 14.8 Å². The highest BCUT2D eigenvalue weighted by Crippen LogP contribution is 2.28. The fourth-order valence-corrected chi connectivity index (χ4v) is 3.45. The standard InChI is InChI=1S/C23H19N3O3S/c1-28-20-9-5-8-17(14-20)21-22(30-26-25-21)23(27)24-18-10-12-19(13-11-18)29-15-16-6-3-2-4-7-16/h2-14H,15H2,1H3,(H,24,27). The minimum absolute atomic E-state index is 0.263. The van der Waals surface area contributed by atoms with Crippen molar-refractivity contribution in [3.63, 3.8) is 0 Å². The van der Waals surface area contributed by atoms with Gasteiger partial charge in [0.2, 0.25) is 0 Å². The number of nitrogens with one attached hydrogen (secondary N) is 1. The number of rotatable bonds is 7. The molecule has 1 aromatic heterocycles. The molecule has 0 aliphatic carbocycles. The molecule has 0 unspecified atom stereocenters. The molecule has 0 aliphatic rings. The smallest absolute Gasteiger partial charge is 0.269 e. The lowest BCUT2D eigenvalue weighted by molar-refractivity contribution is 0.103. The average Bonchev–Trinajstić information content (AvgIpc) is 3.30. The van der Waals surface area contributed by atoms with Crippen molar-refractivity contribution < 1.29 is 14.3 Å². The Balaban J connectivity index is 1.43. The summed E-state index contributed by atoms with van der Waals surface area (Å²) in [6.07, 6.45) is 0. The maximum Gasteiger partial charge on any atom is 0.269 e. The van der Waals surface area contributed by atoms with Crippen LogP contribution in [-0.4, -0.2) is 22.6 Å². The number of carbonyl (C=O) groups excluding carboxylic acids is 1. The molecule has 1 heterocycles. The number of amides is 1. The molecule has 0 bridgehead atoms. The summed E-state index contributed by atoms with van der Waals surface area (Å²) in [5.41, 5.74) is 3.06. The molecule has 0 aliphatic heterocycles. The van der Waals surface area contributed by atoms with E-state index in [1.807, 2.05) is 66.7 Å². The van der Waals surface area contributed by atoms with Gasteiger partial charge in [-0.1, -0.05) is 47.0 Å². The Morgan fingerprint density at radius 2 is 1.77 bits per heavy atom. The summed E-state index contributed by atoms with van der Waals surface area (Å²) < 4.78 is 15.0. The molecule has 4 rings (SSSR count). The number of methoxy groups -OCH3 is 1. The Morgan fingerprint density at radius 1 is 0.967 bits per heavy atom. The first-order valence-corrected chi connectivity index (χ1v) is 10.0. The minimum Gasteiger partial charge on any atom is -0.497 e. The number of benzene rings is 3. The summed E-state index contributed by atoms with van der Waals surface area (Å²) in [5, 5.41) is 7.01. The Bertz CT molecular complexity index is 1130. The Morgan fingerprint density at radius 3 is 2.53 bits per heavy atom. The van der Waals surface area contributed by atoms with Crippen molar-refractivity contribution in [3.05, 3.63) is 89.3 Å². The van der Waals surface area contributed by atoms with Crippen molar-refractivity contribution in [2.24, 2.45) is 0 Å². The number of hydrogen-bond acceptors (Lipinski definition) is 6. The topological polar surface area (TPSA) is 73.3 Å². The van der Waals surface area contributed by atoms with Gasteiger partial charge in [-0.05, 0) is 53.5 Å². The highest BCUT2D eigenvalue weighted by molar-refractivity contribution is 7.08. The quantitative estimate of drug-likeness (QED) is 0.456. The van der Waals surface area contributed by atoms with Gasteiger partial charge >= 0.3 is 0 Å². The number of nitrogens with zero attached hydrogens (tertiary/aromatic N) is 2. The maximum atomic E-state index is 12.8. The van der Waals surface area contributed by atoms with Crippen LogP contribution in [0, 0.1) is 0 Å². The van der Waals surface area contributed by atoms with E-state index in [-0.39, 0.29) is 5.91 Å². The normalized spacial score (nSPS) is 10.4. The summed E-state index contributed by atoms with van der Waals surface area (Å²) in [7, 11) is 1.60. The van der Waals surface area contributed by atoms with Gasteiger partial charge in [-0.3, -0.25) is 4.79 Å². The number of hydrogen-bond donors (Lipinski definition) is 1. The molecule has 30 heavy (non-hydrogen) atoms. The van der Waals surface area contributed by atoms with Crippen LogP contribution in [0.1, 0.15) is 15.2 Å². The summed E-state index contributed by atoms with van der Waals surface area (Å²) >= 11 is 1.06. The number of aromatic nitrogens is 2. The van der Waals surface area contributed by atoms with E-state index in [4.69, 9.17) is 9.47 Å². The van der Waals surface area contributed by atoms with Gasteiger partial charge in [0.1, 0.15) is 28.7 Å². The summed E-state index contributed by atoms with van der Waals surface area (Å²) in [4.78, 5) is 13.2. The maximum absolute atomic E-state index is 12.8. The van der Waals surface area contributed by atoms with E-state index in [9.17, 15) is 4.79 Å². The van der Waals surface area contributed by atoms with Crippen LogP contribution in [0.5, 0.6) is 11.5 Å². The second kappa shape index (κ2) is 9.19. The van der Waals surface area contributed by atoms with Gasteiger partial charge in [0.05, 0.1) is 7.11 Å². The van der Waals surface area contributed by atoms with Crippen LogP contribution in [0.25, 0.3) is 11.3 Å². The molecule has 0 spiro atoms. The molecule has 6 nitrogen and oxygen atoms in total. The summed E-state index contributed by atoms with van der Waals surface area (Å²) in [6.45, 7) is 0.489. The molecule has 1 amide bonds. The third kappa shape index (κ3) is 4.64. The number of anilines is 1. The van der Waals surface area contributed by atoms with Gasteiger partial charge in [-0.2, -0.15) is 0 Å². The van der Waals surface area contributed by atoms with Gasteiger partial charge in [0.25, 0.3) is 5.91 Å². The molecule has 0 fully saturated rings. The first-order valence-electron chi connectivity index (χ1n) is 9.28. The monoisotopic (exact) mass is 417 g/mol. The molecule has 0 atom stereocenters. The second-order valence-corrected chi connectivity index (χ2v) is 7.19. The predicted octanol–water partition coefficient (Wildman–Crippen LogP) is 5.05. The molecule has 150 valence electrons. The van der Waals surface area contributed by atoms with E-state index in [1.165, 1.54) is 0 Å². The van der Waals surface area contributed by atoms with Crippen LogP contribution >= 0.6 is 11.5 Å². The Hall–Kier alpha value is -3.71. The van der Waals surface area contributed by atoms with Gasteiger partial charge in [-0.15, -0.1) is 5.10 Å². The fraction of sp³-hybridized carbons (Fsp3) is 0.0870.